The van der Waals surface area contributed by atoms with Gasteiger partial charge < -0.3 is 25.5 Å². The third-order valence-electron chi connectivity index (χ3n) is 3.66. The minimum Gasteiger partial charge on any atom is -0.466 e. The molecule has 0 aliphatic heterocycles. The molecule has 1 aromatic heterocycles. The number of aliphatic imine (C=N–C) groups is 1. The number of hydrogen-bond donors (Lipinski definition) is 4. The Bertz CT molecular complexity index is 745. The maximum absolute atomic E-state index is 11.2. The third-order valence-corrected chi connectivity index (χ3v) is 3.66. The molecular weight excluding hydrogens is 459 g/mol. The summed E-state index contributed by atoms with van der Waals surface area (Å²) in [6.07, 6.45) is 1.53. The number of benzene rings is 1. The number of halogens is 1. The van der Waals surface area contributed by atoms with Crippen LogP contribution in [0.25, 0.3) is 0 Å². The van der Waals surface area contributed by atoms with Gasteiger partial charge in [0.25, 0.3) is 0 Å². The molecule has 0 saturated heterocycles. The Morgan fingerprint density at radius 1 is 1.26 bits per heavy atom. The molecule has 7 nitrogen and oxygen atoms in total. The summed E-state index contributed by atoms with van der Waals surface area (Å²) in [5, 5.41) is 19.5. The summed E-state index contributed by atoms with van der Waals surface area (Å²) in [6.45, 7) is 6.51. The van der Waals surface area contributed by atoms with Crippen LogP contribution in [0.1, 0.15) is 32.1 Å². The van der Waals surface area contributed by atoms with E-state index in [1.807, 2.05) is 31.2 Å². The molecule has 1 heterocycles. The normalized spacial score (nSPS) is 13.3. The summed E-state index contributed by atoms with van der Waals surface area (Å²) in [4.78, 5) is 15.7. The molecule has 0 bridgehead atoms. The molecule has 0 radical (unpaired) electrons. The zero-order chi connectivity index (χ0) is 19.0. The van der Waals surface area contributed by atoms with Gasteiger partial charge in [-0.05, 0) is 43.7 Å². The SMILES string of the molecule is CCNC(=NCc1cccc(NC(C)=O)c1)NCC(C)(O)c1ccco1.I. The summed E-state index contributed by atoms with van der Waals surface area (Å²) in [5.41, 5.74) is 0.556. The minimum atomic E-state index is -1.15. The molecule has 0 aliphatic rings. The van der Waals surface area contributed by atoms with Crippen molar-refractivity contribution in [3.8, 4) is 0 Å². The Morgan fingerprint density at radius 2 is 2.04 bits per heavy atom. The van der Waals surface area contributed by atoms with E-state index in [2.05, 4.69) is 20.9 Å². The number of carbonyl (C=O) groups excluding carboxylic acids is 1. The fraction of sp³-hybridized carbons (Fsp3) is 0.368. The topological polar surface area (TPSA) is 98.9 Å². The van der Waals surface area contributed by atoms with Crippen molar-refractivity contribution in [2.45, 2.75) is 32.9 Å². The first-order valence-corrected chi connectivity index (χ1v) is 8.56. The van der Waals surface area contributed by atoms with Crippen molar-refractivity contribution >= 4 is 41.5 Å². The number of carbonyl (C=O) groups is 1. The highest BCUT2D eigenvalue weighted by atomic mass is 127. The van der Waals surface area contributed by atoms with Gasteiger partial charge in [-0.15, -0.1) is 24.0 Å². The highest BCUT2D eigenvalue weighted by Crippen LogP contribution is 2.19. The second kappa shape index (κ2) is 10.9. The standard InChI is InChI=1S/C19H26N4O3.HI/c1-4-20-18(22-13-19(3,25)17-9-6-10-26-17)21-12-15-7-5-8-16(11-15)23-14(2)24;/h5-11,25H,4,12-13H2,1-3H3,(H,23,24)(H2,20,21,22);1H. The van der Waals surface area contributed by atoms with Crippen LogP contribution in [-0.4, -0.2) is 30.1 Å². The number of nitrogens with one attached hydrogen (secondary N) is 3. The molecular formula is C19H27IN4O3. The lowest BCUT2D eigenvalue weighted by Gasteiger charge is -2.22. The van der Waals surface area contributed by atoms with Gasteiger partial charge in [0.2, 0.25) is 5.91 Å². The number of furan rings is 1. The molecule has 1 aromatic carbocycles. The van der Waals surface area contributed by atoms with Crippen LogP contribution in [0.2, 0.25) is 0 Å². The van der Waals surface area contributed by atoms with Crippen molar-refractivity contribution in [3.63, 3.8) is 0 Å². The number of guanidine groups is 1. The molecule has 2 rings (SSSR count). The Morgan fingerprint density at radius 3 is 2.67 bits per heavy atom. The number of amides is 1. The van der Waals surface area contributed by atoms with E-state index in [1.165, 1.54) is 13.2 Å². The van der Waals surface area contributed by atoms with Crippen molar-refractivity contribution in [1.29, 1.82) is 0 Å². The van der Waals surface area contributed by atoms with E-state index >= 15 is 0 Å². The molecule has 4 N–H and O–H groups in total. The fourth-order valence-electron chi connectivity index (χ4n) is 2.39. The fourth-order valence-corrected chi connectivity index (χ4v) is 2.39. The number of aliphatic hydroxyl groups is 1. The lowest BCUT2D eigenvalue weighted by atomic mass is 10.0. The molecule has 2 aromatic rings. The molecule has 148 valence electrons. The monoisotopic (exact) mass is 486 g/mol. The molecule has 0 aliphatic carbocycles. The maximum Gasteiger partial charge on any atom is 0.221 e. The average Bonchev–Trinajstić information content (AvgIpc) is 3.13. The quantitative estimate of drug-likeness (QED) is 0.274. The lowest BCUT2D eigenvalue weighted by molar-refractivity contribution is -0.114. The molecule has 0 saturated carbocycles. The van der Waals surface area contributed by atoms with Crippen LogP contribution < -0.4 is 16.0 Å². The van der Waals surface area contributed by atoms with E-state index in [0.29, 0.717) is 24.8 Å². The predicted octanol–water partition coefficient (Wildman–Crippen LogP) is 2.82. The largest absolute Gasteiger partial charge is 0.466 e. The van der Waals surface area contributed by atoms with Crippen molar-refractivity contribution in [2.24, 2.45) is 4.99 Å². The van der Waals surface area contributed by atoms with Crippen molar-refractivity contribution in [2.75, 3.05) is 18.4 Å². The van der Waals surface area contributed by atoms with E-state index in [-0.39, 0.29) is 36.4 Å². The van der Waals surface area contributed by atoms with Crippen LogP contribution in [0.4, 0.5) is 5.69 Å². The Labute approximate surface area is 176 Å². The molecule has 0 spiro atoms. The summed E-state index contributed by atoms with van der Waals surface area (Å²) in [6, 6.07) is 11.0. The van der Waals surface area contributed by atoms with E-state index in [9.17, 15) is 9.90 Å². The molecule has 0 fully saturated rings. The molecule has 1 amide bonds. The molecule has 1 unspecified atom stereocenters. The van der Waals surface area contributed by atoms with E-state index < -0.39 is 5.60 Å². The number of nitrogens with zero attached hydrogens (tertiary/aromatic N) is 1. The van der Waals surface area contributed by atoms with Crippen LogP contribution in [-0.2, 0) is 16.9 Å². The Kier molecular flexibility index (Phi) is 9.30. The van der Waals surface area contributed by atoms with Crippen molar-refractivity contribution in [1.82, 2.24) is 10.6 Å². The van der Waals surface area contributed by atoms with Crippen LogP contribution in [0.3, 0.4) is 0 Å². The van der Waals surface area contributed by atoms with E-state index in [4.69, 9.17) is 4.42 Å². The number of rotatable bonds is 7. The lowest BCUT2D eigenvalue weighted by Crippen LogP contribution is -2.44. The minimum absolute atomic E-state index is 0. The summed E-state index contributed by atoms with van der Waals surface area (Å²) in [5.74, 6) is 0.967. The summed E-state index contributed by atoms with van der Waals surface area (Å²) >= 11 is 0. The molecule has 8 heteroatoms. The van der Waals surface area contributed by atoms with Gasteiger partial charge in [0.05, 0.1) is 19.4 Å². The third kappa shape index (κ3) is 7.59. The van der Waals surface area contributed by atoms with E-state index in [1.54, 1.807) is 19.1 Å². The number of anilines is 1. The van der Waals surface area contributed by atoms with Gasteiger partial charge in [0.1, 0.15) is 11.4 Å². The van der Waals surface area contributed by atoms with Gasteiger partial charge >= 0.3 is 0 Å². The first-order valence-electron chi connectivity index (χ1n) is 8.56. The second-order valence-corrected chi connectivity index (χ2v) is 6.18. The van der Waals surface area contributed by atoms with Crippen LogP contribution in [0.5, 0.6) is 0 Å². The van der Waals surface area contributed by atoms with Crippen LogP contribution in [0.15, 0.2) is 52.1 Å². The van der Waals surface area contributed by atoms with Gasteiger partial charge in [-0.25, -0.2) is 4.99 Å². The maximum atomic E-state index is 11.2. The first kappa shape index (κ1) is 23.0. The Hall–Kier alpha value is -2.07. The van der Waals surface area contributed by atoms with Crippen LogP contribution in [0, 0.1) is 0 Å². The highest BCUT2D eigenvalue weighted by Gasteiger charge is 2.26. The number of hydrogen-bond acceptors (Lipinski definition) is 4. The molecule has 1 atom stereocenters. The molecule has 27 heavy (non-hydrogen) atoms. The zero-order valence-electron chi connectivity index (χ0n) is 15.8. The van der Waals surface area contributed by atoms with Gasteiger partial charge in [0.15, 0.2) is 5.96 Å². The average molecular weight is 486 g/mol. The summed E-state index contributed by atoms with van der Waals surface area (Å²) in [7, 11) is 0. The van der Waals surface area contributed by atoms with Crippen LogP contribution >= 0.6 is 24.0 Å². The second-order valence-electron chi connectivity index (χ2n) is 6.18. The van der Waals surface area contributed by atoms with Gasteiger partial charge in [0, 0.05) is 19.2 Å². The van der Waals surface area contributed by atoms with Crippen molar-refractivity contribution < 1.29 is 14.3 Å². The smallest absolute Gasteiger partial charge is 0.221 e. The predicted molar refractivity (Wildman–Crippen MR) is 117 cm³/mol. The van der Waals surface area contributed by atoms with E-state index in [0.717, 1.165) is 11.3 Å². The van der Waals surface area contributed by atoms with Gasteiger partial charge in [-0.3, -0.25) is 4.79 Å². The summed E-state index contributed by atoms with van der Waals surface area (Å²) < 4.78 is 5.28. The first-order chi connectivity index (χ1) is 12.4. The Balaban J connectivity index is 0.00000364. The highest BCUT2D eigenvalue weighted by molar-refractivity contribution is 14.0. The zero-order valence-corrected chi connectivity index (χ0v) is 18.1. The van der Waals surface area contributed by atoms with Gasteiger partial charge in [-0.2, -0.15) is 0 Å². The van der Waals surface area contributed by atoms with Crippen molar-refractivity contribution in [3.05, 3.63) is 54.0 Å². The van der Waals surface area contributed by atoms with Gasteiger partial charge in [-0.1, -0.05) is 12.1 Å².